The molecule has 2 aromatic rings. The number of carbonyl (C=O) groups is 2. The summed E-state index contributed by atoms with van der Waals surface area (Å²) in [5, 5.41) is 6.13. The van der Waals surface area contributed by atoms with Crippen LogP contribution in [0.3, 0.4) is 0 Å². The summed E-state index contributed by atoms with van der Waals surface area (Å²) in [5.41, 5.74) is 2.15. The average molecular weight is 423 g/mol. The fourth-order valence-corrected chi connectivity index (χ4v) is 4.10. The van der Waals surface area contributed by atoms with E-state index in [2.05, 4.69) is 20.4 Å². The lowest BCUT2D eigenvalue weighted by Gasteiger charge is -2.34. The maximum Gasteiger partial charge on any atom is 0.234 e. The maximum atomic E-state index is 12.6. The molecule has 2 aliphatic rings. The van der Waals surface area contributed by atoms with Crippen molar-refractivity contribution < 1.29 is 14.3 Å². The third-order valence-corrected chi connectivity index (χ3v) is 5.83. The highest BCUT2D eigenvalue weighted by Crippen LogP contribution is 2.31. The lowest BCUT2D eigenvalue weighted by molar-refractivity contribution is -0.125. The van der Waals surface area contributed by atoms with Gasteiger partial charge in [0.15, 0.2) is 0 Å². The van der Waals surface area contributed by atoms with E-state index in [1.54, 1.807) is 0 Å². The van der Waals surface area contributed by atoms with Crippen molar-refractivity contribution >= 4 is 11.8 Å². The molecule has 7 heteroatoms. The third-order valence-electron chi connectivity index (χ3n) is 5.83. The second-order valence-electron chi connectivity index (χ2n) is 8.11. The standard InChI is InChI=1S/C24H30N4O3/c29-23(25-16-19-6-2-1-3-7-19)17-27-11-13-28(14-12-27)18-24(30)26-21-10-15-31-22-9-5-4-8-20(21)22/h1-9,21H,10-18H2,(H,25,29)(H,26,30). The highest BCUT2D eigenvalue weighted by molar-refractivity contribution is 5.79. The lowest BCUT2D eigenvalue weighted by Crippen LogP contribution is -2.51. The average Bonchev–Trinajstić information content (AvgIpc) is 2.80. The van der Waals surface area contributed by atoms with E-state index in [1.807, 2.05) is 54.6 Å². The summed E-state index contributed by atoms with van der Waals surface area (Å²) >= 11 is 0. The van der Waals surface area contributed by atoms with Gasteiger partial charge in [-0.2, -0.15) is 0 Å². The van der Waals surface area contributed by atoms with Crippen molar-refractivity contribution in [1.29, 1.82) is 0 Å². The zero-order valence-electron chi connectivity index (χ0n) is 17.8. The molecule has 1 fully saturated rings. The molecule has 2 aliphatic heterocycles. The van der Waals surface area contributed by atoms with Crippen LogP contribution in [0.25, 0.3) is 0 Å². The van der Waals surface area contributed by atoms with Crippen molar-refractivity contribution in [2.24, 2.45) is 0 Å². The first-order valence-corrected chi connectivity index (χ1v) is 10.9. The number of amides is 2. The molecule has 1 unspecified atom stereocenters. The number of benzene rings is 2. The number of hydrogen-bond donors (Lipinski definition) is 2. The highest BCUT2D eigenvalue weighted by Gasteiger charge is 2.25. The van der Waals surface area contributed by atoms with E-state index in [4.69, 9.17) is 4.74 Å². The van der Waals surface area contributed by atoms with Gasteiger partial charge in [0.2, 0.25) is 11.8 Å². The van der Waals surface area contributed by atoms with E-state index < -0.39 is 0 Å². The minimum absolute atomic E-state index is 0.00653. The van der Waals surface area contributed by atoms with E-state index in [0.29, 0.717) is 26.2 Å². The first-order chi connectivity index (χ1) is 15.2. The molecule has 2 N–H and O–H groups in total. The van der Waals surface area contributed by atoms with Crippen LogP contribution in [-0.4, -0.2) is 67.5 Å². The van der Waals surface area contributed by atoms with Gasteiger partial charge in [-0.05, 0) is 11.6 Å². The Hall–Kier alpha value is -2.90. The fraction of sp³-hybridized carbons (Fsp3) is 0.417. The summed E-state index contributed by atoms with van der Waals surface area (Å²) < 4.78 is 5.67. The number of carbonyl (C=O) groups excluding carboxylic acids is 2. The summed E-state index contributed by atoms with van der Waals surface area (Å²) in [6, 6.07) is 17.8. The Kier molecular flexibility index (Phi) is 7.17. The Morgan fingerprint density at radius 1 is 0.871 bits per heavy atom. The van der Waals surface area contributed by atoms with Crippen molar-refractivity contribution in [3.8, 4) is 5.75 Å². The second kappa shape index (κ2) is 10.4. The van der Waals surface area contributed by atoms with Crippen molar-refractivity contribution in [3.05, 3.63) is 65.7 Å². The topological polar surface area (TPSA) is 73.9 Å². The highest BCUT2D eigenvalue weighted by atomic mass is 16.5. The number of nitrogens with one attached hydrogen (secondary N) is 2. The zero-order chi connectivity index (χ0) is 21.5. The SMILES string of the molecule is O=C(CN1CCN(CC(=O)NC2CCOc3ccccc32)CC1)NCc1ccccc1. The van der Waals surface area contributed by atoms with Crippen LogP contribution in [0.1, 0.15) is 23.6 Å². The van der Waals surface area contributed by atoms with Crippen LogP contribution in [0, 0.1) is 0 Å². The van der Waals surface area contributed by atoms with Crippen LogP contribution in [0.5, 0.6) is 5.75 Å². The molecule has 0 bridgehead atoms. The molecule has 0 spiro atoms. The predicted molar refractivity (Wildman–Crippen MR) is 119 cm³/mol. The van der Waals surface area contributed by atoms with E-state index in [0.717, 1.165) is 49.5 Å². The minimum Gasteiger partial charge on any atom is -0.493 e. The molecule has 0 aromatic heterocycles. The Morgan fingerprint density at radius 2 is 1.52 bits per heavy atom. The molecule has 4 rings (SSSR count). The number of ether oxygens (including phenoxy) is 1. The number of piperazine rings is 1. The van der Waals surface area contributed by atoms with Gasteiger partial charge in [0, 0.05) is 44.7 Å². The molecule has 2 heterocycles. The molecule has 2 amide bonds. The van der Waals surface area contributed by atoms with Crippen LogP contribution < -0.4 is 15.4 Å². The first kappa shape index (κ1) is 21.3. The van der Waals surface area contributed by atoms with Gasteiger partial charge in [0.05, 0.1) is 25.7 Å². The van der Waals surface area contributed by atoms with E-state index in [1.165, 1.54) is 0 Å². The van der Waals surface area contributed by atoms with Gasteiger partial charge in [-0.15, -0.1) is 0 Å². The molecule has 0 aliphatic carbocycles. The van der Waals surface area contributed by atoms with Crippen LogP contribution >= 0.6 is 0 Å². The van der Waals surface area contributed by atoms with Crippen molar-refractivity contribution in [1.82, 2.24) is 20.4 Å². The second-order valence-corrected chi connectivity index (χ2v) is 8.11. The molecule has 2 aromatic carbocycles. The molecule has 0 radical (unpaired) electrons. The molecule has 1 saturated heterocycles. The van der Waals surface area contributed by atoms with Crippen LogP contribution in [0.15, 0.2) is 54.6 Å². The Bertz CT molecular complexity index is 881. The van der Waals surface area contributed by atoms with Crippen LogP contribution in [0.2, 0.25) is 0 Å². The molecule has 31 heavy (non-hydrogen) atoms. The maximum absolute atomic E-state index is 12.6. The monoisotopic (exact) mass is 422 g/mol. The van der Waals surface area contributed by atoms with Crippen LogP contribution in [0.4, 0.5) is 0 Å². The number of rotatable bonds is 7. The zero-order valence-corrected chi connectivity index (χ0v) is 17.8. The molecule has 0 saturated carbocycles. The summed E-state index contributed by atoms with van der Waals surface area (Å²) in [7, 11) is 0. The van der Waals surface area contributed by atoms with E-state index in [-0.39, 0.29) is 17.9 Å². The Balaban J connectivity index is 1.16. The van der Waals surface area contributed by atoms with Crippen molar-refractivity contribution in [2.45, 2.75) is 19.0 Å². The summed E-state index contributed by atoms with van der Waals surface area (Å²) in [6.45, 7) is 5.08. The molecular formula is C24H30N4O3. The molecule has 1 atom stereocenters. The van der Waals surface area contributed by atoms with Gasteiger partial charge in [0.25, 0.3) is 0 Å². The van der Waals surface area contributed by atoms with Gasteiger partial charge >= 0.3 is 0 Å². The smallest absolute Gasteiger partial charge is 0.234 e. The summed E-state index contributed by atoms with van der Waals surface area (Å²) in [5.74, 6) is 0.933. The first-order valence-electron chi connectivity index (χ1n) is 10.9. The summed E-state index contributed by atoms with van der Waals surface area (Å²) in [6.07, 6.45) is 0.786. The molecule has 7 nitrogen and oxygen atoms in total. The van der Waals surface area contributed by atoms with Gasteiger partial charge in [-0.1, -0.05) is 48.5 Å². The Morgan fingerprint density at radius 3 is 2.26 bits per heavy atom. The number of para-hydroxylation sites is 1. The molecular weight excluding hydrogens is 392 g/mol. The van der Waals surface area contributed by atoms with Gasteiger partial charge in [0.1, 0.15) is 5.75 Å². The van der Waals surface area contributed by atoms with E-state index in [9.17, 15) is 9.59 Å². The van der Waals surface area contributed by atoms with Crippen molar-refractivity contribution in [2.75, 3.05) is 45.9 Å². The third kappa shape index (κ3) is 6.06. The normalized spacial score (nSPS) is 19.2. The van der Waals surface area contributed by atoms with Crippen molar-refractivity contribution in [3.63, 3.8) is 0 Å². The predicted octanol–water partition coefficient (Wildman–Crippen LogP) is 1.56. The number of hydrogen-bond acceptors (Lipinski definition) is 5. The Labute approximate surface area is 183 Å². The van der Waals surface area contributed by atoms with Gasteiger partial charge in [-0.25, -0.2) is 0 Å². The lowest BCUT2D eigenvalue weighted by atomic mass is 10.0. The van der Waals surface area contributed by atoms with Gasteiger partial charge < -0.3 is 15.4 Å². The fourth-order valence-electron chi connectivity index (χ4n) is 4.10. The number of nitrogens with zero attached hydrogens (tertiary/aromatic N) is 2. The number of fused-ring (bicyclic) bond motifs is 1. The summed E-state index contributed by atoms with van der Waals surface area (Å²) in [4.78, 5) is 29.1. The minimum atomic E-state index is 0.00653. The molecule has 164 valence electrons. The quantitative estimate of drug-likeness (QED) is 0.709. The van der Waals surface area contributed by atoms with E-state index >= 15 is 0 Å². The largest absolute Gasteiger partial charge is 0.493 e. The van der Waals surface area contributed by atoms with Gasteiger partial charge in [-0.3, -0.25) is 19.4 Å². The van der Waals surface area contributed by atoms with Crippen LogP contribution in [-0.2, 0) is 16.1 Å².